The molecule has 0 heterocycles. The third-order valence-electron chi connectivity index (χ3n) is 4.93. The molecule has 136 valence electrons. The number of aryl methyl sites for hydroxylation is 3. The molecule has 2 rings (SSSR count). The molecular weight excluding hydrogens is 312 g/mol. The minimum atomic E-state index is 0.979. The van der Waals surface area contributed by atoms with Crippen LogP contribution in [0.2, 0.25) is 0 Å². The average molecular weight is 345 g/mol. The zero-order valence-electron chi connectivity index (χ0n) is 16.6. The first-order valence-corrected chi connectivity index (χ1v) is 9.73. The number of hydrogen-bond donors (Lipinski definition) is 0. The van der Waals surface area contributed by atoms with Crippen LogP contribution in [-0.2, 0) is 12.8 Å². The van der Waals surface area contributed by atoms with Gasteiger partial charge < -0.3 is 0 Å². The van der Waals surface area contributed by atoms with Crippen LogP contribution in [0.25, 0.3) is 11.1 Å². The Labute approximate surface area is 160 Å². The number of benzene rings is 2. The quantitative estimate of drug-likeness (QED) is 0.411. The topological polar surface area (TPSA) is 0 Å². The number of rotatable bonds is 9. The molecule has 0 saturated heterocycles. The van der Waals surface area contributed by atoms with Gasteiger partial charge in [0.1, 0.15) is 0 Å². The molecule has 2 aromatic rings. The van der Waals surface area contributed by atoms with Crippen molar-refractivity contribution in [2.75, 3.05) is 0 Å². The lowest BCUT2D eigenvalue weighted by Crippen LogP contribution is -1.94. The van der Waals surface area contributed by atoms with Gasteiger partial charge in [-0.1, -0.05) is 81.1 Å². The van der Waals surface area contributed by atoms with Crippen LogP contribution in [0.1, 0.15) is 60.9 Å². The van der Waals surface area contributed by atoms with Gasteiger partial charge >= 0.3 is 0 Å². The van der Waals surface area contributed by atoms with Crippen molar-refractivity contribution in [3.05, 3.63) is 95.6 Å². The highest BCUT2D eigenvalue weighted by Crippen LogP contribution is 2.23. The molecule has 0 spiro atoms. The molecule has 0 N–H and O–H groups in total. The van der Waals surface area contributed by atoms with E-state index >= 15 is 0 Å². The summed E-state index contributed by atoms with van der Waals surface area (Å²) in [6.45, 7) is 15.0. The molecule has 0 atom stereocenters. The van der Waals surface area contributed by atoms with Crippen molar-refractivity contribution in [3.63, 3.8) is 0 Å². The van der Waals surface area contributed by atoms with Gasteiger partial charge in [-0.15, -0.1) is 0 Å². The van der Waals surface area contributed by atoms with Crippen LogP contribution in [0, 0.1) is 6.92 Å². The van der Waals surface area contributed by atoms with Crippen LogP contribution in [0.15, 0.2) is 67.8 Å². The molecule has 0 aliphatic rings. The van der Waals surface area contributed by atoms with Crippen LogP contribution in [0.5, 0.6) is 0 Å². The molecule has 26 heavy (non-hydrogen) atoms. The number of unbranched alkanes of at least 4 members (excludes halogenated alkanes) is 1. The highest BCUT2D eigenvalue weighted by atomic mass is 14.1. The summed E-state index contributed by atoms with van der Waals surface area (Å²) >= 11 is 0. The van der Waals surface area contributed by atoms with Gasteiger partial charge in [0.05, 0.1) is 0 Å². The van der Waals surface area contributed by atoms with Crippen LogP contribution in [-0.4, -0.2) is 0 Å². The lowest BCUT2D eigenvalue weighted by atomic mass is 9.94. The Morgan fingerprint density at radius 3 is 2.50 bits per heavy atom. The largest absolute Gasteiger partial charge is 0.0952 e. The summed E-state index contributed by atoms with van der Waals surface area (Å²) in [5, 5.41) is 0. The van der Waals surface area contributed by atoms with Crippen molar-refractivity contribution in [1.82, 2.24) is 0 Å². The summed E-state index contributed by atoms with van der Waals surface area (Å²) in [5.41, 5.74) is 8.95. The Bertz CT molecular complexity index is 789. The molecule has 0 unspecified atom stereocenters. The Balaban J connectivity index is 2.01. The van der Waals surface area contributed by atoms with Gasteiger partial charge in [0.25, 0.3) is 0 Å². The first-order valence-electron chi connectivity index (χ1n) is 9.73. The predicted molar refractivity (Wildman–Crippen MR) is 117 cm³/mol. The summed E-state index contributed by atoms with van der Waals surface area (Å²) in [6.07, 6.45) is 9.76. The standard InChI is InChI=1S/C26H32/c1-6-8-12-24-16-17-26(18-22(24)5)21(4)14-15-23-11-9-13-25(19-23)20(3)10-7-2/h7,9-11,13,16-19H,3-4,6,8,12,14-15H2,1-2,5H3/b10-7-. The summed E-state index contributed by atoms with van der Waals surface area (Å²) in [6, 6.07) is 15.5. The molecule has 0 fully saturated rings. The van der Waals surface area contributed by atoms with Crippen molar-refractivity contribution in [3.8, 4) is 0 Å². The molecule has 0 saturated carbocycles. The second-order valence-electron chi connectivity index (χ2n) is 7.07. The van der Waals surface area contributed by atoms with Gasteiger partial charge in [0, 0.05) is 0 Å². The first-order chi connectivity index (χ1) is 12.5. The average Bonchev–Trinajstić information content (AvgIpc) is 2.65. The van der Waals surface area contributed by atoms with E-state index in [1.165, 1.54) is 52.7 Å². The molecule has 0 amide bonds. The molecule has 2 aromatic carbocycles. The van der Waals surface area contributed by atoms with Crippen molar-refractivity contribution in [2.45, 2.75) is 52.9 Å². The molecule has 0 aliphatic heterocycles. The van der Waals surface area contributed by atoms with Crippen LogP contribution < -0.4 is 0 Å². The first kappa shape index (κ1) is 20.0. The minimum Gasteiger partial charge on any atom is -0.0952 e. The van der Waals surface area contributed by atoms with Gasteiger partial charge in [-0.3, -0.25) is 0 Å². The molecule has 0 radical (unpaired) electrons. The minimum absolute atomic E-state index is 0.979. The van der Waals surface area contributed by atoms with E-state index < -0.39 is 0 Å². The number of allylic oxidation sites excluding steroid dienone is 4. The number of hydrogen-bond acceptors (Lipinski definition) is 0. The smallest absolute Gasteiger partial charge is 0.0187 e. The van der Waals surface area contributed by atoms with E-state index in [0.29, 0.717) is 0 Å². The van der Waals surface area contributed by atoms with Crippen molar-refractivity contribution >= 4 is 11.1 Å². The summed E-state index contributed by atoms with van der Waals surface area (Å²) in [4.78, 5) is 0. The van der Waals surface area contributed by atoms with Crippen LogP contribution in [0.3, 0.4) is 0 Å². The van der Waals surface area contributed by atoms with Gasteiger partial charge in [-0.2, -0.15) is 0 Å². The zero-order chi connectivity index (χ0) is 18.9. The van der Waals surface area contributed by atoms with Crippen LogP contribution >= 0.6 is 0 Å². The SMILES string of the molecule is C=C(/C=C\C)c1cccc(CCC(=C)c2ccc(CCCC)c(C)c2)c1. The Morgan fingerprint density at radius 2 is 1.81 bits per heavy atom. The maximum absolute atomic E-state index is 4.33. The summed E-state index contributed by atoms with van der Waals surface area (Å²) in [5.74, 6) is 0. The maximum Gasteiger partial charge on any atom is -0.0187 e. The zero-order valence-corrected chi connectivity index (χ0v) is 16.6. The second-order valence-corrected chi connectivity index (χ2v) is 7.07. The monoisotopic (exact) mass is 344 g/mol. The molecule has 0 nitrogen and oxygen atoms in total. The normalized spacial score (nSPS) is 11.0. The van der Waals surface area contributed by atoms with E-state index in [1.807, 2.05) is 13.0 Å². The fourth-order valence-corrected chi connectivity index (χ4v) is 3.23. The van der Waals surface area contributed by atoms with E-state index in [2.05, 4.69) is 75.5 Å². The van der Waals surface area contributed by atoms with E-state index in [-0.39, 0.29) is 0 Å². The van der Waals surface area contributed by atoms with Crippen molar-refractivity contribution in [1.29, 1.82) is 0 Å². The van der Waals surface area contributed by atoms with E-state index in [4.69, 9.17) is 0 Å². The van der Waals surface area contributed by atoms with Gasteiger partial charge in [-0.05, 0) is 78.5 Å². The Morgan fingerprint density at radius 1 is 1.00 bits per heavy atom. The van der Waals surface area contributed by atoms with E-state index in [1.54, 1.807) is 0 Å². The highest BCUT2D eigenvalue weighted by Gasteiger charge is 2.05. The fraction of sp³-hybridized carbons (Fsp3) is 0.308. The lowest BCUT2D eigenvalue weighted by Gasteiger charge is -2.11. The van der Waals surface area contributed by atoms with Crippen molar-refractivity contribution in [2.24, 2.45) is 0 Å². The third kappa shape index (κ3) is 5.59. The summed E-state index contributed by atoms with van der Waals surface area (Å²) in [7, 11) is 0. The molecular formula is C26H32. The third-order valence-corrected chi connectivity index (χ3v) is 4.93. The van der Waals surface area contributed by atoms with Gasteiger partial charge in [-0.25, -0.2) is 0 Å². The molecule has 0 aliphatic carbocycles. The molecule has 0 bridgehead atoms. The van der Waals surface area contributed by atoms with Crippen molar-refractivity contribution < 1.29 is 0 Å². The van der Waals surface area contributed by atoms with Gasteiger partial charge in [0.2, 0.25) is 0 Å². The Kier molecular flexibility index (Phi) is 7.66. The fourth-order valence-electron chi connectivity index (χ4n) is 3.23. The molecule has 0 aromatic heterocycles. The van der Waals surface area contributed by atoms with Crippen LogP contribution in [0.4, 0.5) is 0 Å². The van der Waals surface area contributed by atoms with Gasteiger partial charge in [0.15, 0.2) is 0 Å². The molecule has 0 heteroatoms. The maximum atomic E-state index is 4.33. The highest BCUT2D eigenvalue weighted by molar-refractivity contribution is 5.72. The van der Waals surface area contributed by atoms with E-state index in [9.17, 15) is 0 Å². The summed E-state index contributed by atoms with van der Waals surface area (Å²) < 4.78 is 0. The Hall–Kier alpha value is -2.34. The lowest BCUT2D eigenvalue weighted by molar-refractivity contribution is 0.791. The van der Waals surface area contributed by atoms with E-state index in [0.717, 1.165) is 18.4 Å². The predicted octanol–water partition coefficient (Wildman–Crippen LogP) is 7.57. The second kappa shape index (κ2) is 9.97.